The van der Waals surface area contributed by atoms with E-state index in [1.165, 1.54) is 13.0 Å². The van der Waals surface area contributed by atoms with Crippen molar-refractivity contribution in [3.63, 3.8) is 0 Å². The van der Waals surface area contributed by atoms with Gasteiger partial charge in [0.05, 0.1) is 12.4 Å². The molecule has 1 amide bonds. The highest BCUT2D eigenvalue weighted by molar-refractivity contribution is 7.91. The van der Waals surface area contributed by atoms with Crippen molar-refractivity contribution < 1.29 is 27.9 Å². The minimum Gasteiger partial charge on any atom is -0.493 e. The van der Waals surface area contributed by atoms with E-state index in [4.69, 9.17) is 4.74 Å². The molecular weight excluding hydrogens is 346 g/mol. The van der Waals surface area contributed by atoms with Crippen LogP contribution in [0.5, 0.6) is 5.75 Å². The zero-order valence-corrected chi connectivity index (χ0v) is 15.5. The molecule has 1 rings (SSSR count). The highest BCUT2D eigenvalue weighted by atomic mass is 32.2. The molecule has 8 heteroatoms. The maximum atomic E-state index is 12.3. The Morgan fingerprint density at radius 2 is 1.96 bits per heavy atom. The SMILES string of the molecule is CCS(=O)(=O)CCC(NC(=O)c1cccc(OCC(C)C)c1)C(=O)O. The fourth-order valence-electron chi connectivity index (χ4n) is 1.93. The number of carbonyl (C=O) groups is 2. The lowest BCUT2D eigenvalue weighted by Crippen LogP contribution is -2.42. The predicted octanol–water partition coefficient (Wildman–Crippen LogP) is 1.73. The topological polar surface area (TPSA) is 110 Å². The van der Waals surface area contributed by atoms with Gasteiger partial charge in [-0.1, -0.05) is 26.8 Å². The zero-order valence-electron chi connectivity index (χ0n) is 14.7. The number of aliphatic carboxylic acids is 1. The third kappa shape index (κ3) is 7.55. The van der Waals surface area contributed by atoms with Gasteiger partial charge >= 0.3 is 5.97 Å². The average molecular weight is 371 g/mol. The van der Waals surface area contributed by atoms with Crippen LogP contribution >= 0.6 is 0 Å². The number of carboxylic acid groups (broad SMARTS) is 1. The van der Waals surface area contributed by atoms with Crippen molar-refractivity contribution in [1.82, 2.24) is 5.32 Å². The highest BCUT2D eigenvalue weighted by Crippen LogP contribution is 2.14. The van der Waals surface area contributed by atoms with Crippen LogP contribution in [0.25, 0.3) is 0 Å². The number of hydrogen-bond acceptors (Lipinski definition) is 5. The summed E-state index contributed by atoms with van der Waals surface area (Å²) in [6.07, 6.45) is -0.180. The van der Waals surface area contributed by atoms with Crippen LogP contribution in [0.2, 0.25) is 0 Å². The summed E-state index contributed by atoms with van der Waals surface area (Å²) in [7, 11) is -3.31. The van der Waals surface area contributed by atoms with E-state index in [0.717, 1.165) is 0 Å². The number of hydrogen-bond donors (Lipinski definition) is 2. The third-order valence-electron chi connectivity index (χ3n) is 3.44. The van der Waals surface area contributed by atoms with E-state index in [0.29, 0.717) is 18.3 Å². The molecule has 0 spiro atoms. The summed E-state index contributed by atoms with van der Waals surface area (Å²) in [6, 6.07) is 5.15. The van der Waals surface area contributed by atoms with Crippen LogP contribution in [-0.4, -0.2) is 49.6 Å². The fraction of sp³-hybridized carbons (Fsp3) is 0.529. The van der Waals surface area contributed by atoms with Gasteiger partial charge in [0.25, 0.3) is 5.91 Å². The Hall–Kier alpha value is -2.09. The Bertz CT molecular complexity index is 699. The van der Waals surface area contributed by atoms with Gasteiger partial charge in [-0.15, -0.1) is 0 Å². The first-order chi connectivity index (χ1) is 11.6. The first kappa shape index (κ1) is 21.0. The highest BCUT2D eigenvalue weighted by Gasteiger charge is 2.23. The monoisotopic (exact) mass is 371 g/mol. The van der Waals surface area contributed by atoms with Gasteiger partial charge in [0, 0.05) is 11.3 Å². The standard InChI is InChI=1S/C17H25NO6S/c1-4-25(22,23)9-8-15(17(20)21)18-16(19)13-6-5-7-14(10-13)24-11-12(2)3/h5-7,10,12,15H,4,8-9,11H2,1-3H3,(H,18,19)(H,20,21). The van der Waals surface area contributed by atoms with Crippen molar-refractivity contribution >= 4 is 21.7 Å². The first-order valence-corrected chi connectivity index (χ1v) is 9.93. The lowest BCUT2D eigenvalue weighted by Gasteiger charge is -2.15. The molecule has 0 aromatic heterocycles. The second kappa shape index (κ2) is 9.41. The number of amides is 1. The van der Waals surface area contributed by atoms with Crippen LogP contribution < -0.4 is 10.1 Å². The summed E-state index contributed by atoms with van der Waals surface area (Å²) in [5.41, 5.74) is 0.255. The Morgan fingerprint density at radius 3 is 2.52 bits per heavy atom. The van der Waals surface area contributed by atoms with Crippen molar-refractivity contribution in [2.75, 3.05) is 18.1 Å². The van der Waals surface area contributed by atoms with Crippen LogP contribution in [0.15, 0.2) is 24.3 Å². The smallest absolute Gasteiger partial charge is 0.326 e. The van der Waals surface area contributed by atoms with E-state index in [1.807, 2.05) is 13.8 Å². The van der Waals surface area contributed by atoms with Gasteiger partial charge in [0.1, 0.15) is 21.6 Å². The van der Waals surface area contributed by atoms with Crippen LogP contribution in [0.3, 0.4) is 0 Å². The summed E-state index contributed by atoms with van der Waals surface area (Å²) in [5, 5.41) is 11.6. The number of nitrogens with one attached hydrogen (secondary N) is 1. The lowest BCUT2D eigenvalue weighted by molar-refractivity contribution is -0.139. The number of carbonyl (C=O) groups excluding carboxylic acids is 1. The van der Waals surface area contributed by atoms with Gasteiger partial charge in [0.15, 0.2) is 0 Å². The average Bonchev–Trinajstić information content (AvgIpc) is 2.56. The Labute approximate surface area is 148 Å². The van der Waals surface area contributed by atoms with Gasteiger partial charge in [-0.2, -0.15) is 0 Å². The number of rotatable bonds is 10. The number of carboxylic acids is 1. The Morgan fingerprint density at radius 1 is 1.28 bits per heavy atom. The molecule has 0 radical (unpaired) electrons. The molecule has 25 heavy (non-hydrogen) atoms. The number of sulfone groups is 1. The molecular formula is C17H25NO6S. The molecule has 0 heterocycles. The van der Waals surface area contributed by atoms with Gasteiger partial charge in [-0.3, -0.25) is 4.79 Å². The van der Waals surface area contributed by atoms with Crippen LogP contribution in [0.4, 0.5) is 0 Å². The number of ether oxygens (including phenoxy) is 1. The molecule has 1 unspecified atom stereocenters. The molecule has 0 saturated carbocycles. The van der Waals surface area contributed by atoms with Crippen molar-refractivity contribution in [2.24, 2.45) is 5.92 Å². The van der Waals surface area contributed by atoms with Crippen molar-refractivity contribution in [1.29, 1.82) is 0 Å². The molecule has 0 aliphatic rings. The fourth-order valence-corrected chi connectivity index (χ4v) is 2.81. The number of benzene rings is 1. The summed E-state index contributed by atoms with van der Waals surface area (Å²) >= 11 is 0. The van der Waals surface area contributed by atoms with Crippen LogP contribution in [-0.2, 0) is 14.6 Å². The van der Waals surface area contributed by atoms with Crippen LogP contribution in [0.1, 0.15) is 37.6 Å². The largest absolute Gasteiger partial charge is 0.493 e. The predicted molar refractivity (Wildman–Crippen MR) is 94.6 cm³/mol. The normalized spacial score (nSPS) is 12.6. The lowest BCUT2D eigenvalue weighted by atomic mass is 10.1. The van der Waals surface area contributed by atoms with Gasteiger partial charge in [-0.05, 0) is 30.5 Å². The maximum Gasteiger partial charge on any atom is 0.326 e. The summed E-state index contributed by atoms with van der Waals surface area (Å²) in [5.74, 6) is -1.37. The molecule has 0 aliphatic carbocycles. The summed E-state index contributed by atoms with van der Waals surface area (Å²) in [6.45, 7) is 5.99. The second-order valence-corrected chi connectivity index (χ2v) is 8.59. The van der Waals surface area contributed by atoms with Gasteiger partial charge < -0.3 is 15.2 Å². The molecule has 7 nitrogen and oxygen atoms in total. The quantitative estimate of drug-likeness (QED) is 0.648. The van der Waals surface area contributed by atoms with Crippen LogP contribution in [0, 0.1) is 5.92 Å². The Kier molecular flexibility index (Phi) is 7.89. The van der Waals surface area contributed by atoms with E-state index in [1.54, 1.807) is 18.2 Å². The second-order valence-electron chi connectivity index (χ2n) is 6.12. The molecule has 140 valence electrons. The minimum absolute atomic E-state index is 0.0669. The van der Waals surface area contributed by atoms with Crippen molar-refractivity contribution in [3.05, 3.63) is 29.8 Å². The molecule has 1 atom stereocenters. The van der Waals surface area contributed by atoms with E-state index >= 15 is 0 Å². The molecule has 0 saturated heterocycles. The third-order valence-corrected chi connectivity index (χ3v) is 5.18. The molecule has 1 aromatic carbocycles. The van der Waals surface area contributed by atoms with Crippen molar-refractivity contribution in [3.8, 4) is 5.75 Å². The summed E-state index contributed by atoms with van der Waals surface area (Å²) < 4.78 is 28.6. The summed E-state index contributed by atoms with van der Waals surface area (Å²) in [4.78, 5) is 23.5. The molecule has 0 bridgehead atoms. The van der Waals surface area contributed by atoms with Gasteiger partial charge in [-0.25, -0.2) is 13.2 Å². The zero-order chi connectivity index (χ0) is 19.0. The minimum atomic E-state index is -3.31. The van der Waals surface area contributed by atoms with Crippen molar-refractivity contribution in [2.45, 2.75) is 33.2 Å². The maximum absolute atomic E-state index is 12.3. The molecule has 1 aromatic rings. The van der Waals surface area contributed by atoms with E-state index in [2.05, 4.69) is 5.32 Å². The molecule has 0 aliphatic heterocycles. The van der Waals surface area contributed by atoms with E-state index in [9.17, 15) is 23.1 Å². The molecule has 2 N–H and O–H groups in total. The van der Waals surface area contributed by atoms with E-state index in [-0.39, 0.29) is 23.5 Å². The first-order valence-electron chi connectivity index (χ1n) is 8.11. The van der Waals surface area contributed by atoms with Gasteiger partial charge in [0.2, 0.25) is 0 Å². The molecule has 0 fully saturated rings. The Balaban J connectivity index is 2.77. The van der Waals surface area contributed by atoms with E-state index < -0.39 is 27.8 Å².